The first kappa shape index (κ1) is 13.3. The zero-order valence-electron chi connectivity index (χ0n) is 11.0. The first-order valence-corrected chi connectivity index (χ1v) is 6.32. The van der Waals surface area contributed by atoms with Crippen molar-refractivity contribution in [1.29, 1.82) is 0 Å². The average molecular weight is 263 g/mol. The van der Waals surface area contributed by atoms with Crippen LogP contribution in [0.2, 0.25) is 0 Å². The molecule has 1 aromatic rings. The van der Waals surface area contributed by atoms with Gasteiger partial charge in [-0.05, 0) is 13.3 Å². The molecule has 1 aliphatic rings. The van der Waals surface area contributed by atoms with Crippen LogP contribution in [0.25, 0.3) is 0 Å². The van der Waals surface area contributed by atoms with Gasteiger partial charge in [-0.25, -0.2) is 9.97 Å². The fraction of sp³-hybridized carbons (Fsp3) is 0.500. The number of piperazine rings is 1. The number of imide groups is 1. The standard InChI is InChI=1S/C12H17N5O2/c1-3-8-12(19)16-11(18)6-17(8)10-5-9(13-4-2)14-7-15-10/h5,7-8H,3-4,6H2,1-2H3,(H,13,14,15)(H,16,18,19). The summed E-state index contributed by atoms with van der Waals surface area (Å²) < 4.78 is 0. The number of hydrogen-bond donors (Lipinski definition) is 2. The van der Waals surface area contributed by atoms with Crippen molar-refractivity contribution in [2.75, 3.05) is 23.3 Å². The molecule has 2 N–H and O–H groups in total. The Labute approximate surface area is 111 Å². The van der Waals surface area contributed by atoms with Gasteiger partial charge in [0, 0.05) is 12.6 Å². The number of anilines is 2. The zero-order valence-corrected chi connectivity index (χ0v) is 11.0. The molecule has 0 bridgehead atoms. The summed E-state index contributed by atoms with van der Waals surface area (Å²) >= 11 is 0. The largest absolute Gasteiger partial charge is 0.370 e. The number of nitrogens with one attached hydrogen (secondary N) is 2. The van der Waals surface area contributed by atoms with Gasteiger partial charge in [-0.15, -0.1) is 0 Å². The zero-order chi connectivity index (χ0) is 13.8. The normalized spacial score (nSPS) is 19.3. The van der Waals surface area contributed by atoms with Crippen molar-refractivity contribution >= 4 is 23.5 Å². The van der Waals surface area contributed by atoms with Gasteiger partial charge in [0.1, 0.15) is 24.0 Å². The molecule has 0 aromatic carbocycles. The highest BCUT2D eigenvalue weighted by molar-refractivity contribution is 6.04. The number of amides is 2. The van der Waals surface area contributed by atoms with Gasteiger partial charge in [-0.3, -0.25) is 14.9 Å². The van der Waals surface area contributed by atoms with E-state index in [0.29, 0.717) is 18.1 Å². The van der Waals surface area contributed by atoms with Crippen LogP contribution >= 0.6 is 0 Å². The minimum Gasteiger partial charge on any atom is -0.370 e. The molecule has 2 amide bonds. The molecule has 7 nitrogen and oxygen atoms in total. The molecule has 0 radical (unpaired) electrons. The Morgan fingerprint density at radius 3 is 2.89 bits per heavy atom. The Balaban J connectivity index is 2.29. The fourth-order valence-electron chi connectivity index (χ4n) is 2.10. The maximum Gasteiger partial charge on any atom is 0.249 e. The van der Waals surface area contributed by atoms with E-state index in [9.17, 15) is 9.59 Å². The lowest BCUT2D eigenvalue weighted by Gasteiger charge is -2.34. The maximum absolute atomic E-state index is 11.8. The third-order valence-corrected chi connectivity index (χ3v) is 2.95. The van der Waals surface area contributed by atoms with Crippen molar-refractivity contribution in [2.24, 2.45) is 0 Å². The van der Waals surface area contributed by atoms with Crippen molar-refractivity contribution in [1.82, 2.24) is 15.3 Å². The molecular weight excluding hydrogens is 246 g/mol. The summed E-state index contributed by atoms with van der Waals surface area (Å²) in [5.41, 5.74) is 0. The van der Waals surface area contributed by atoms with E-state index in [0.717, 1.165) is 6.54 Å². The average Bonchev–Trinajstić information content (AvgIpc) is 2.38. The molecule has 19 heavy (non-hydrogen) atoms. The molecule has 0 saturated carbocycles. The maximum atomic E-state index is 11.8. The number of hydrogen-bond acceptors (Lipinski definition) is 6. The van der Waals surface area contributed by atoms with Crippen LogP contribution in [0.3, 0.4) is 0 Å². The first-order valence-electron chi connectivity index (χ1n) is 6.32. The van der Waals surface area contributed by atoms with Crippen LogP contribution in [0.15, 0.2) is 12.4 Å². The molecule has 1 aliphatic heterocycles. The number of aromatic nitrogens is 2. The summed E-state index contributed by atoms with van der Waals surface area (Å²) in [5, 5.41) is 5.42. The van der Waals surface area contributed by atoms with Crippen LogP contribution in [-0.2, 0) is 9.59 Å². The second kappa shape index (κ2) is 5.64. The number of carbonyl (C=O) groups is 2. The summed E-state index contributed by atoms with van der Waals surface area (Å²) in [6.07, 6.45) is 2.04. The van der Waals surface area contributed by atoms with Crippen LogP contribution < -0.4 is 15.5 Å². The number of nitrogens with zero attached hydrogens (tertiary/aromatic N) is 3. The highest BCUT2D eigenvalue weighted by atomic mass is 16.2. The highest BCUT2D eigenvalue weighted by Gasteiger charge is 2.33. The lowest BCUT2D eigenvalue weighted by Crippen LogP contribution is -2.58. The summed E-state index contributed by atoms with van der Waals surface area (Å²) in [7, 11) is 0. The lowest BCUT2D eigenvalue weighted by molar-refractivity contribution is -0.132. The summed E-state index contributed by atoms with van der Waals surface area (Å²) in [4.78, 5) is 33.2. The third kappa shape index (κ3) is 2.81. The molecule has 102 valence electrons. The van der Waals surface area contributed by atoms with E-state index in [-0.39, 0.29) is 24.4 Å². The summed E-state index contributed by atoms with van der Waals surface area (Å²) in [6, 6.07) is 1.37. The quantitative estimate of drug-likeness (QED) is 0.752. The minimum atomic E-state index is -0.373. The Kier molecular flexibility index (Phi) is 3.94. The molecule has 7 heteroatoms. The molecule has 1 saturated heterocycles. The number of rotatable bonds is 4. The molecule has 1 atom stereocenters. The summed E-state index contributed by atoms with van der Waals surface area (Å²) in [5.74, 6) is 0.683. The van der Waals surface area contributed by atoms with E-state index in [1.165, 1.54) is 6.33 Å². The predicted molar refractivity (Wildman–Crippen MR) is 70.8 cm³/mol. The SMILES string of the molecule is CCNc1cc(N2CC(=O)NC(=O)C2CC)ncn1. The Bertz CT molecular complexity index is 491. The second-order valence-corrected chi connectivity index (χ2v) is 4.26. The van der Waals surface area contributed by atoms with Crippen LogP contribution in [0, 0.1) is 0 Å². The van der Waals surface area contributed by atoms with E-state index >= 15 is 0 Å². The number of carbonyl (C=O) groups excluding carboxylic acids is 2. The van der Waals surface area contributed by atoms with Gasteiger partial charge in [0.05, 0.1) is 6.54 Å². The van der Waals surface area contributed by atoms with Gasteiger partial charge in [0.15, 0.2) is 0 Å². The molecule has 2 heterocycles. The smallest absolute Gasteiger partial charge is 0.249 e. The van der Waals surface area contributed by atoms with Crippen LogP contribution in [0.4, 0.5) is 11.6 Å². The third-order valence-electron chi connectivity index (χ3n) is 2.95. The van der Waals surface area contributed by atoms with Gasteiger partial charge in [-0.1, -0.05) is 6.92 Å². The van der Waals surface area contributed by atoms with E-state index in [4.69, 9.17) is 0 Å². The van der Waals surface area contributed by atoms with Crippen molar-refractivity contribution in [2.45, 2.75) is 26.3 Å². The van der Waals surface area contributed by atoms with Crippen molar-refractivity contribution in [3.8, 4) is 0 Å². The van der Waals surface area contributed by atoms with Crippen molar-refractivity contribution in [3.63, 3.8) is 0 Å². The first-order chi connectivity index (χ1) is 9.15. The monoisotopic (exact) mass is 263 g/mol. The van der Waals surface area contributed by atoms with Crippen molar-refractivity contribution < 1.29 is 9.59 Å². The fourth-order valence-corrected chi connectivity index (χ4v) is 2.10. The minimum absolute atomic E-state index is 0.132. The van der Waals surface area contributed by atoms with E-state index < -0.39 is 0 Å². The second-order valence-electron chi connectivity index (χ2n) is 4.26. The molecule has 1 fully saturated rings. The van der Waals surface area contributed by atoms with Gasteiger partial charge in [-0.2, -0.15) is 0 Å². The van der Waals surface area contributed by atoms with Crippen LogP contribution in [-0.4, -0.2) is 40.9 Å². The van der Waals surface area contributed by atoms with E-state index in [1.54, 1.807) is 11.0 Å². The van der Waals surface area contributed by atoms with Gasteiger partial charge in [0.2, 0.25) is 11.8 Å². The Morgan fingerprint density at radius 1 is 1.42 bits per heavy atom. The molecule has 0 aliphatic carbocycles. The predicted octanol–water partition coefficient (Wildman–Crippen LogP) is 0.150. The van der Waals surface area contributed by atoms with Crippen LogP contribution in [0.5, 0.6) is 0 Å². The topological polar surface area (TPSA) is 87.2 Å². The Morgan fingerprint density at radius 2 is 2.21 bits per heavy atom. The van der Waals surface area contributed by atoms with Crippen LogP contribution in [0.1, 0.15) is 20.3 Å². The lowest BCUT2D eigenvalue weighted by atomic mass is 10.1. The Hall–Kier alpha value is -2.18. The molecular formula is C12H17N5O2. The molecule has 2 rings (SSSR count). The molecule has 0 spiro atoms. The summed E-state index contributed by atoms with van der Waals surface area (Å²) in [6.45, 7) is 4.74. The molecule has 1 aromatic heterocycles. The van der Waals surface area contributed by atoms with Crippen molar-refractivity contribution in [3.05, 3.63) is 12.4 Å². The van der Waals surface area contributed by atoms with Gasteiger partial charge < -0.3 is 10.2 Å². The highest BCUT2D eigenvalue weighted by Crippen LogP contribution is 2.20. The van der Waals surface area contributed by atoms with E-state index in [1.807, 2.05) is 13.8 Å². The van der Waals surface area contributed by atoms with Gasteiger partial charge in [0.25, 0.3) is 0 Å². The van der Waals surface area contributed by atoms with E-state index in [2.05, 4.69) is 20.6 Å². The van der Waals surface area contributed by atoms with Gasteiger partial charge >= 0.3 is 0 Å². The molecule has 1 unspecified atom stereocenters.